The summed E-state index contributed by atoms with van der Waals surface area (Å²) in [5.74, 6) is -0.502. The normalized spacial score (nSPS) is 11.8. The Morgan fingerprint density at radius 2 is 0.973 bits per heavy atom. The van der Waals surface area contributed by atoms with Crippen LogP contribution in [0.25, 0.3) is 0 Å². The van der Waals surface area contributed by atoms with Crippen LogP contribution in [0.3, 0.4) is 0 Å². The van der Waals surface area contributed by atoms with Gasteiger partial charge in [0, 0.05) is 16.5 Å². The Balaban J connectivity index is 0.000000682. The van der Waals surface area contributed by atoms with Gasteiger partial charge >= 0.3 is 0 Å². The maximum absolute atomic E-state index is 11.8. The van der Waals surface area contributed by atoms with Crippen molar-refractivity contribution in [3.63, 3.8) is 0 Å². The second kappa shape index (κ2) is 16.9. The van der Waals surface area contributed by atoms with Crippen LogP contribution in [-0.2, 0) is 26.1 Å². The standard InChI is InChI=1S/2C11H13N3O4.Ni/c2*1-7(13-16)10(14-17)11(15)12-8-5-3-4-6-9(8)18-2;/h2*3-6,16-17H,1-2H3,(H,12,15);/b13-7-,14-10+;13-7-,14-10-;. The fourth-order valence-corrected chi connectivity index (χ4v) is 2.52. The first-order chi connectivity index (χ1) is 17.3. The van der Waals surface area contributed by atoms with Gasteiger partial charge in [0.05, 0.1) is 25.6 Å². The Labute approximate surface area is 221 Å². The smallest absolute Gasteiger partial charge is 0.279 e. The summed E-state index contributed by atoms with van der Waals surface area (Å²) in [6, 6.07) is 13.5. The van der Waals surface area contributed by atoms with E-state index in [4.69, 9.17) is 30.3 Å². The molecule has 2 rings (SSSR count). The molecule has 0 aliphatic rings. The SMILES string of the molecule is COc1ccccc1NC(=O)C(=N/O)/C(C)=N\O.COc1ccccc1NC(=O)C(=N\O)/C(C)=N\O.[Ni]. The molecule has 2 aromatic carbocycles. The van der Waals surface area contributed by atoms with Crippen LogP contribution in [0.15, 0.2) is 69.2 Å². The molecular formula is C22H26N6NiO8. The van der Waals surface area contributed by atoms with Crippen LogP contribution in [0.4, 0.5) is 11.4 Å². The Bertz CT molecular complexity index is 1090. The first kappa shape index (κ1) is 32.4. The fraction of sp³-hybridized carbons (Fsp3) is 0.182. The van der Waals surface area contributed by atoms with Crippen molar-refractivity contribution in [2.45, 2.75) is 13.8 Å². The minimum absolute atomic E-state index is 0. The molecule has 0 spiro atoms. The first-order valence-electron chi connectivity index (χ1n) is 9.98. The van der Waals surface area contributed by atoms with Crippen molar-refractivity contribution >= 4 is 46.0 Å². The molecule has 0 radical (unpaired) electrons. The van der Waals surface area contributed by atoms with Crippen molar-refractivity contribution in [2.75, 3.05) is 24.9 Å². The van der Waals surface area contributed by atoms with Crippen molar-refractivity contribution in [2.24, 2.45) is 20.6 Å². The van der Waals surface area contributed by atoms with E-state index >= 15 is 0 Å². The minimum Gasteiger partial charge on any atom is -0.495 e. The Morgan fingerprint density at radius 1 is 0.649 bits per heavy atom. The third kappa shape index (κ3) is 9.49. The predicted octanol–water partition coefficient (Wildman–Crippen LogP) is 2.63. The summed E-state index contributed by atoms with van der Waals surface area (Å²) in [6.45, 7) is 2.66. The number of carbonyl (C=O) groups is 2. The van der Waals surface area contributed by atoms with E-state index in [0.717, 1.165) is 0 Å². The van der Waals surface area contributed by atoms with Crippen LogP contribution in [0.2, 0.25) is 0 Å². The zero-order valence-electron chi connectivity index (χ0n) is 20.1. The molecule has 0 heterocycles. The number of oxime groups is 4. The third-order valence-corrected chi connectivity index (χ3v) is 4.33. The summed E-state index contributed by atoms with van der Waals surface area (Å²) in [7, 11) is 2.93. The van der Waals surface area contributed by atoms with Gasteiger partial charge in [-0.05, 0) is 38.1 Å². The third-order valence-electron chi connectivity index (χ3n) is 4.33. The van der Waals surface area contributed by atoms with Gasteiger partial charge in [0.2, 0.25) is 0 Å². The number of rotatable bonds is 8. The van der Waals surface area contributed by atoms with Crippen molar-refractivity contribution in [1.82, 2.24) is 0 Å². The van der Waals surface area contributed by atoms with Gasteiger partial charge in [-0.25, -0.2) is 0 Å². The molecule has 14 nitrogen and oxygen atoms in total. The number of hydrogen-bond acceptors (Lipinski definition) is 12. The molecule has 0 atom stereocenters. The van der Waals surface area contributed by atoms with E-state index in [-0.39, 0.29) is 39.3 Å². The van der Waals surface area contributed by atoms with E-state index in [9.17, 15) is 9.59 Å². The summed E-state index contributed by atoms with van der Waals surface area (Å²) in [6.07, 6.45) is 0. The number of anilines is 2. The predicted molar refractivity (Wildman–Crippen MR) is 131 cm³/mol. The van der Waals surface area contributed by atoms with E-state index in [1.807, 2.05) is 0 Å². The molecule has 0 fully saturated rings. The Hall–Kier alpha value is -4.65. The number of carbonyl (C=O) groups excluding carboxylic acids is 2. The molecule has 202 valence electrons. The number of benzene rings is 2. The maximum atomic E-state index is 11.8. The zero-order valence-corrected chi connectivity index (χ0v) is 21.1. The van der Waals surface area contributed by atoms with Crippen LogP contribution in [0.5, 0.6) is 11.5 Å². The number of nitrogens with zero attached hydrogens (tertiary/aromatic N) is 4. The summed E-state index contributed by atoms with van der Waals surface area (Å²) in [5.41, 5.74) is -0.157. The van der Waals surface area contributed by atoms with Gasteiger partial charge in [-0.3, -0.25) is 9.59 Å². The van der Waals surface area contributed by atoms with Crippen molar-refractivity contribution in [3.05, 3.63) is 48.5 Å². The summed E-state index contributed by atoms with van der Waals surface area (Å²) in [4.78, 5) is 23.5. The van der Waals surface area contributed by atoms with Gasteiger partial charge in [-0.2, -0.15) is 0 Å². The van der Waals surface area contributed by atoms with Crippen LogP contribution in [0, 0.1) is 0 Å². The monoisotopic (exact) mass is 560 g/mol. The van der Waals surface area contributed by atoms with Crippen molar-refractivity contribution in [3.8, 4) is 11.5 Å². The molecule has 0 aromatic heterocycles. The molecule has 0 unspecified atom stereocenters. The molecule has 0 bridgehead atoms. The Morgan fingerprint density at radius 3 is 1.24 bits per heavy atom. The van der Waals surface area contributed by atoms with E-state index < -0.39 is 11.8 Å². The van der Waals surface area contributed by atoms with E-state index in [0.29, 0.717) is 22.9 Å². The van der Waals surface area contributed by atoms with E-state index in [2.05, 4.69) is 31.3 Å². The van der Waals surface area contributed by atoms with E-state index in [1.165, 1.54) is 28.1 Å². The van der Waals surface area contributed by atoms with Gasteiger partial charge in [-0.15, -0.1) is 0 Å². The topological polar surface area (TPSA) is 207 Å². The number of amides is 2. The van der Waals surface area contributed by atoms with Crippen LogP contribution < -0.4 is 20.1 Å². The van der Waals surface area contributed by atoms with E-state index in [1.54, 1.807) is 48.5 Å². The molecule has 0 aliphatic heterocycles. The summed E-state index contributed by atoms with van der Waals surface area (Å²) < 4.78 is 10.1. The molecule has 0 saturated heterocycles. The molecule has 2 aromatic rings. The molecule has 37 heavy (non-hydrogen) atoms. The maximum Gasteiger partial charge on any atom is 0.279 e. The average molecular weight is 561 g/mol. The number of nitrogens with one attached hydrogen (secondary N) is 2. The fourth-order valence-electron chi connectivity index (χ4n) is 2.52. The molecule has 2 amide bonds. The average Bonchev–Trinajstić information content (AvgIpc) is 2.90. The second-order valence-electron chi connectivity index (χ2n) is 6.58. The molecule has 15 heteroatoms. The molecule has 0 aliphatic carbocycles. The van der Waals surface area contributed by atoms with Gasteiger partial charge < -0.3 is 40.9 Å². The molecule has 0 saturated carbocycles. The molecule has 6 N–H and O–H groups in total. The number of methoxy groups -OCH3 is 2. The summed E-state index contributed by atoms with van der Waals surface area (Å²) >= 11 is 0. The van der Waals surface area contributed by atoms with Gasteiger partial charge in [0.1, 0.15) is 22.9 Å². The van der Waals surface area contributed by atoms with Gasteiger partial charge in [0.15, 0.2) is 11.4 Å². The number of ether oxygens (including phenoxy) is 2. The second-order valence-corrected chi connectivity index (χ2v) is 6.58. The molecular weight excluding hydrogens is 535 g/mol. The Kier molecular flexibility index (Phi) is 14.8. The van der Waals surface area contributed by atoms with Crippen LogP contribution in [0.1, 0.15) is 13.8 Å². The van der Waals surface area contributed by atoms with Crippen molar-refractivity contribution in [1.29, 1.82) is 0 Å². The largest absolute Gasteiger partial charge is 0.495 e. The minimum atomic E-state index is -0.711. The quantitative estimate of drug-likeness (QED) is 0.122. The van der Waals surface area contributed by atoms with Gasteiger partial charge in [0.25, 0.3) is 11.8 Å². The summed E-state index contributed by atoms with van der Waals surface area (Å²) in [5, 5.41) is 50.6. The number of hydrogen-bond donors (Lipinski definition) is 6. The first-order valence-corrected chi connectivity index (χ1v) is 9.98. The number of para-hydroxylation sites is 4. The van der Waals surface area contributed by atoms with Crippen molar-refractivity contribution < 1.29 is 56.4 Å². The van der Waals surface area contributed by atoms with Gasteiger partial charge in [-0.1, -0.05) is 44.9 Å². The zero-order chi connectivity index (χ0) is 27.1. The van der Waals surface area contributed by atoms with Crippen LogP contribution >= 0.6 is 0 Å². The van der Waals surface area contributed by atoms with Crippen LogP contribution in [-0.4, -0.2) is 69.7 Å².